The summed E-state index contributed by atoms with van der Waals surface area (Å²) in [5.41, 5.74) is 1.84. The molecule has 0 atom stereocenters. The second-order valence-corrected chi connectivity index (χ2v) is 3.76. The van der Waals surface area contributed by atoms with Crippen LogP contribution in [0.2, 0.25) is 0 Å². The van der Waals surface area contributed by atoms with Crippen molar-refractivity contribution in [3.63, 3.8) is 0 Å². The molecule has 2 nitrogen and oxygen atoms in total. The summed E-state index contributed by atoms with van der Waals surface area (Å²) >= 11 is 0. The minimum Gasteiger partial charge on any atom is -0.361 e. The number of H-pyrrole nitrogens is 1. The van der Waals surface area contributed by atoms with Crippen LogP contribution in [0.1, 0.15) is 24.2 Å². The molecule has 0 radical (unpaired) electrons. The molecule has 2 rings (SSSR count). The monoisotopic (exact) mass is 187 g/mol. The summed E-state index contributed by atoms with van der Waals surface area (Å²) in [7, 11) is 0. The van der Waals surface area contributed by atoms with Gasteiger partial charge in [-0.2, -0.15) is 0 Å². The fraction of sp³-hybridized carbons (Fsp3) is 0.250. The molecule has 0 aliphatic rings. The van der Waals surface area contributed by atoms with Crippen molar-refractivity contribution in [2.75, 3.05) is 0 Å². The van der Waals surface area contributed by atoms with E-state index in [2.05, 4.69) is 4.98 Å². The van der Waals surface area contributed by atoms with Gasteiger partial charge in [0, 0.05) is 28.6 Å². The lowest BCUT2D eigenvalue weighted by Gasteiger charge is -2.04. The first-order chi connectivity index (χ1) is 6.70. The highest BCUT2D eigenvalue weighted by Crippen LogP contribution is 2.20. The largest absolute Gasteiger partial charge is 0.361 e. The normalized spacial score (nSPS) is 11.1. The van der Waals surface area contributed by atoms with E-state index in [-0.39, 0.29) is 11.7 Å². The number of benzene rings is 1. The molecule has 2 heteroatoms. The van der Waals surface area contributed by atoms with Gasteiger partial charge in [-0.05, 0) is 12.1 Å². The highest BCUT2D eigenvalue weighted by Gasteiger charge is 2.13. The van der Waals surface area contributed by atoms with Crippen LogP contribution in [0.5, 0.6) is 0 Å². The lowest BCUT2D eigenvalue weighted by Crippen LogP contribution is -2.07. The Hall–Kier alpha value is -1.57. The smallest absolute Gasteiger partial charge is 0.166 e. The van der Waals surface area contributed by atoms with Crippen LogP contribution in [-0.4, -0.2) is 10.8 Å². The number of fused-ring (bicyclic) bond motifs is 1. The molecule has 0 unspecified atom stereocenters. The molecule has 0 bridgehead atoms. The number of aromatic nitrogens is 1. The van der Waals surface area contributed by atoms with Gasteiger partial charge in [-0.1, -0.05) is 26.0 Å². The van der Waals surface area contributed by atoms with Crippen LogP contribution in [0.4, 0.5) is 0 Å². The van der Waals surface area contributed by atoms with Crippen molar-refractivity contribution in [2.24, 2.45) is 5.92 Å². The second kappa shape index (κ2) is 3.29. The predicted octanol–water partition coefficient (Wildman–Crippen LogP) is 3.01. The molecule has 0 saturated carbocycles. The van der Waals surface area contributed by atoms with Crippen molar-refractivity contribution in [1.82, 2.24) is 4.98 Å². The van der Waals surface area contributed by atoms with E-state index in [0.29, 0.717) is 0 Å². The topological polar surface area (TPSA) is 32.9 Å². The Balaban J connectivity index is 2.62. The van der Waals surface area contributed by atoms with Gasteiger partial charge in [0.2, 0.25) is 0 Å². The van der Waals surface area contributed by atoms with E-state index in [1.165, 1.54) is 0 Å². The van der Waals surface area contributed by atoms with Gasteiger partial charge in [-0.15, -0.1) is 0 Å². The van der Waals surface area contributed by atoms with Crippen LogP contribution < -0.4 is 0 Å². The van der Waals surface area contributed by atoms with Gasteiger partial charge in [0.1, 0.15) is 0 Å². The molecule has 14 heavy (non-hydrogen) atoms. The SMILES string of the molecule is CC(C)C(=O)c1cccc2[nH]ccc12. The van der Waals surface area contributed by atoms with E-state index in [9.17, 15) is 4.79 Å². The summed E-state index contributed by atoms with van der Waals surface area (Å²) in [5, 5.41) is 1.02. The molecule has 0 saturated heterocycles. The Kier molecular flexibility index (Phi) is 2.12. The zero-order valence-corrected chi connectivity index (χ0v) is 8.37. The summed E-state index contributed by atoms with van der Waals surface area (Å²) in [6.07, 6.45) is 1.86. The van der Waals surface area contributed by atoms with Crippen LogP contribution >= 0.6 is 0 Å². The van der Waals surface area contributed by atoms with Crippen molar-refractivity contribution in [3.8, 4) is 0 Å². The van der Waals surface area contributed by atoms with E-state index < -0.39 is 0 Å². The number of aromatic amines is 1. The third kappa shape index (κ3) is 1.33. The molecular weight excluding hydrogens is 174 g/mol. The van der Waals surface area contributed by atoms with Crippen LogP contribution in [0.15, 0.2) is 30.5 Å². The van der Waals surface area contributed by atoms with Gasteiger partial charge in [0.15, 0.2) is 5.78 Å². The number of Topliss-reactive ketones (excluding diaryl/α,β-unsaturated/α-hetero) is 1. The van der Waals surface area contributed by atoms with E-state index in [0.717, 1.165) is 16.5 Å². The number of hydrogen-bond acceptors (Lipinski definition) is 1. The minimum atomic E-state index is 0.0514. The standard InChI is InChI=1S/C12H13NO/c1-8(2)12(14)10-4-3-5-11-9(10)6-7-13-11/h3-8,13H,1-2H3. The maximum absolute atomic E-state index is 11.8. The first-order valence-electron chi connectivity index (χ1n) is 4.80. The summed E-state index contributed by atoms with van der Waals surface area (Å²) in [4.78, 5) is 14.9. The molecule has 1 N–H and O–H groups in total. The molecule has 0 aliphatic heterocycles. The molecule has 72 valence electrons. The van der Waals surface area contributed by atoms with Crippen LogP contribution in [0.3, 0.4) is 0 Å². The van der Waals surface area contributed by atoms with Crippen molar-refractivity contribution in [3.05, 3.63) is 36.0 Å². The Labute approximate surface area is 82.9 Å². The molecule has 0 fully saturated rings. The molecule has 1 heterocycles. The number of nitrogens with one attached hydrogen (secondary N) is 1. The highest BCUT2D eigenvalue weighted by atomic mass is 16.1. The average molecular weight is 187 g/mol. The number of carbonyl (C=O) groups excluding carboxylic acids is 1. The number of rotatable bonds is 2. The maximum atomic E-state index is 11.8. The lowest BCUT2D eigenvalue weighted by molar-refractivity contribution is 0.0941. The molecule has 1 aromatic carbocycles. The third-order valence-corrected chi connectivity index (χ3v) is 2.38. The molecule has 2 aromatic rings. The van der Waals surface area contributed by atoms with E-state index in [1.54, 1.807) is 0 Å². The second-order valence-electron chi connectivity index (χ2n) is 3.76. The van der Waals surface area contributed by atoms with Gasteiger partial charge in [0.25, 0.3) is 0 Å². The first kappa shape index (κ1) is 9.00. The quantitative estimate of drug-likeness (QED) is 0.720. The zero-order valence-electron chi connectivity index (χ0n) is 8.37. The average Bonchev–Trinajstić information content (AvgIpc) is 2.63. The van der Waals surface area contributed by atoms with Gasteiger partial charge >= 0.3 is 0 Å². The Morgan fingerprint density at radius 3 is 2.79 bits per heavy atom. The Morgan fingerprint density at radius 1 is 1.29 bits per heavy atom. The van der Waals surface area contributed by atoms with E-state index in [4.69, 9.17) is 0 Å². The molecule has 0 aliphatic carbocycles. The summed E-state index contributed by atoms with van der Waals surface area (Å²) in [5.74, 6) is 0.255. The Bertz CT molecular complexity index is 468. The van der Waals surface area contributed by atoms with Gasteiger partial charge in [-0.25, -0.2) is 0 Å². The molecular formula is C12H13NO. The van der Waals surface area contributed by atoms with Crippen molar-refractivity contribution < 1.29 is 4.79 Å². The number of ketones is 1. The predicted molar refractivity (Wildman–Crippen MR) is 57.5 cm³/mol. The number of carbonyl (C=O) groups is 1. The van der Waals surface area contributed by atoms with Gasteiger partial charge in [0.05, 0.1) is 0 Å². The van der Waals surface area contributed by atoms with Crippen molar-refractivity contribution in [2.45, 2.75) is 13.8 Å². The summed E-state index contributed by atoms with van der Waals surface area (Å²) < 4.78 is 0. The number of hydrogen-bond donors (Lipinski definition) is 1. The highest BCUT2D eigenvalue weighted by molar-refractivity contribution is 6.08. The van der Waals surface area contributed by atoms with Crippen molar-refractivity contribution in [1.29, 1.82) is 0 Å². The van der Waals surface area contributed by atoms with Gasteiger partial charge < -0.3 is 4.98 Å². The maximum Gasteiger partial charge on any atom is 0.166 e. The van der Waals surface area contributed by atoms with Crippen molar-refractivity contribution >= 4 is 16.7 Å². The van der Waals surface area contributed by atoms with Crippen LogP contribution in [0, 0.1) is 5.92 Å². The fourth-order valence-electron chi connectivity index (χ4n) is 1.61. The summed E-state index contributed by atoms with van der Waals surface area (Å²) in [6.45, 7) is 3.85. The van der Waals surface area contributed by atoms with E-state index in [1.807, 2.05) is 44.3 Å². The van der Waals surface area contributed by atoms with Crippen LogP contribution in [-0.2, 0) is 0 Å². The van der Waals surface area contributed by atoms with Gasteiger partial charge in [-0.3, -0.25) is 4.79 Å². The lowest BCUT2D eigenvalue weighted by atomic mass is 9.98. The molecule has 0 spiro atoms. The Morgan fingerprint density at radius 2 is 2.07 bits per heavy atom. The van der Waals surface area contributed by atoms with Crippen LogP contribution in [0.25, 0.3) is 10.9 Å². The van der Waals surface area contributed by atoms with E-state index >= 15 is 0 Å². The third-order valence-electron chi connectivity index (χ3n) is 2.38. The zero-order chi connectivity index (χ0) is 10.1. The fourth-order valence-corrected chi connectivity index (χ4v) is 1.61. The molecule has 0 amide bonds. The summed E-state index contributed by atoms with van der Waals surface area (Å²) in [6, 6.07) is 7.73. The molecule has 1 aromatic heterocycles. The minimum absolute atomic E-state index is 0.0514. The first-order valence-corrected chi connectivity index (χ1v) is 4.80.